The Morgan fingerprint density at radius 1 is 1.36 bits per heavy atom. The number of aryl methyl sites for hydroxylation is 1. The zero-order valence-corrected chi connectivity index (χ0v) is 14.8. The predicted molar refractivity (Wildman–Crippen MR) is 95.2 cm³/mol. The van der Waals surface area contributed by atoms with Gasteiger partial charge in [-0.15, -0.1) is 0 Å². The molecule has 7 heteroatoms. The second kappa shape index (κ2) is 8.22. The molecule has 1 amide bonds. The van der Waals surface area contributed by atoms with Crippen LogP contribution in [0.25, 0.3) is 0 Å². The Morgan fingerprint density at radius 2 is 2.16 bits per heavy atom. The normalized spacial score (nSPS) is 17.4. The fourth-order valence-corrected chi connectivity index (χ4v) is 3.10. The smallest absolute Gasteiger partial charge is 0.226 e. The third-order valence-corrected chi connectivity index (χ3v) is 4.67. The van der Waals surface area contributed by atoms with Gasteiger partial charge in [-0.2, -0.15) is 0 Å². The van der Waals surface area contributed by atoms with Crippen molar-refractivity contribution in [2.75, 3.05) is 38.0 Å². The summed E-state index contributed by atoms with van der Waals surface area (Å²) in [4.78, 5) is 21.0. The van der Waals surface area contributed by atoms with Crippen LogP contribution in [0, 0.1) is 6.92 Å². The summed E-state index contributed by atoms with van der Waals surface area (Å²) >= 11 is 0. The highest BCUT2D eigenvalue weighted by Crippen LogP contribution is 2.20. The van der Waals surface area contributed by atoms with Crippen LogP contribution >= 0.6 is 0 Å². The van der Waals surface area contributed by atoms with Crippen molar-refractivity contribution in [1.29, 1.82) is 0 Å². The van der Waals surface area contributed by atoms with Crippen molar-refractivity contribution in [2.24, 2.45) is 0 Å². The summed E-state index contributed by atoms with van der Waals surface area (Å²) < 4.78 is 4.95. The quantitative estimate of drug-likeness (QED) is 0.866. The van der Waals surface area contributed by atoms with E-state index in [-0.39, 0.29) is 5.91 Å². The van der Waals surface area contributed by atoms with Gasteiger partial charge in [-0.1, -0.05) is 11.2 Å². The molecule has 2 aromatic rings. The predicted octanol–water partition coefficient (Wildman–Crippen LogP) is 2.09. The molecule has 0 bridgehead atoms. The van der Waals surface area contributed by atoms with Crippen molar-refractivity contribution >= 4 is 11.7 Å². The molecule has 3 rings (SSSR count). The first kappa shape index (κ1) is 17.6. The van der Waals surface area contributed by atoms with E-state index in [1.54, 1.807) is 19.2 Å². The van der Waals surface area contributed by atoms with E-state index in [2.05, 4.69) is 38.2 Å². The Morgan fingerprint density at radius 3 is 2.80 bits per heavy atom. The number of carbonyl (C=O) groups is 1. The second-order valence-electron chi connectivity index (χ2n) is 6.46. The molecule has 0 spiro atoms. The van der Waals surface area contributed by atoms with Crippen LogP contribution in [0.2, 0.25) is 0 Å². The number of anilines is 1. The summed E-state index contributed by atoms with van der Waals surface area (Å²) in [5, 5.41) is 6.54. The Kier molecular flexibility index (Phi) is 5.78. The lowest BCUT2D eigenvalue weighted by Gasteiger charge is -2.38. The fraction of sp³-hybridized carbons (Fsp3) is 0.500. The van der Waals surface area contributed by atoms with Crippen LogP contribution in [0.15, 0.2) is 35.1 Å². The van der Waals surface area contributed by atoms with Crippen molar-refractivity contribution in [2.45, 2.75) is 26.3 Å². The number of hydrogen-bond acceptors (Lipinski definition) is 6. The van der Waals surface area contributed by atoms with Crippen LogP contribution in [0.5, 0.6) is 0 Å². The van der Waals surface area contributed by atoms with Crippen LogP contribution in [-0.2, 0) is 4.79 Å². The van der Waals surface area contributed by atoms with Crippen molar-refractivity contribution in [3.05, 3.63) is 41.9 Å². The highest BCUT2D eigenvalue weighted by Gasteiger charge is 2.22. The molecule has 1 aliphatic rings. The molecule has 1 atom stereocenters. The lowest BCUT2D eigenvalue weighted by atomic mass is 10.1. The van der Waals surface area contributed by atoms with Gasteiger partial charge in [-0.25, -0.2) is 0 Å². The van der Waals surface area contributed by atoms with E-state index in [1.165, 1.54) is 5.56 Å². The van der Waals surface area contributed by atoms with Gasteiger partial charge in [0.15, 0.2) is 5.82 Å². The maximum atomic E-state index is 12.0. The summed E-state index contributed by atoms with van der Waals surface area (Å²) in [6.07, 6.45) is 4.20. The first-order chi connectivity index (χ1) is 12.1. The molecule has 1 aliphatic heterocycles. The molecule has 3 heterocycles. The zero-order valence-electron chi connectivity index (χ0n) is 14.8. The van der Waals surface area contributed by atoms with E-state index in [4.69, 9.17) is 4.52 Å². The van der Waals surface area contributed by atoms with E-state index in [1.807, 2.05) is 12.3 Å². The Bertz CT molecular complexity index is 680. The third kappa shape index (κ3) is 4.87. The van der Waals surface area contributed by atoms with Gasteiger partial charge in [0.2, 0.25) is 5.91 Å². The van der Waals surface area contributed by atoms with Crippen LogP contribution in [0.1, 0.15) is 30.7 Å². The zero-order chi connectivity index (χ0) is 17.6. The molecule has 134 valence electrons. The molecule has 0 radical (unpaired) electrons. The number of amides is 1. The number of nitrogens with zero attached hydrogens (tertiary/aromatic N) is 4. The van der Waals surface area contributed by atoms with E-state index < -0.39 is 0 Å². The molecule has 0 aliphatic carbocycles. The molecule has 25 heavy (non-hydrogen) atoms. The molecule has 0 unspecified atom stereocenters. The van der Waals surface area contributed by atoms with Gasteiger partial charge in [0.25, 0.3) is 0 Å². The van der Waals surface area contributed by atoms with Gasteiger partial charge in [-0.05, 0) is 25.5 Å². The molecule has 1 N–H and O–H groups in total. The molecular formula is C18H25N5O2. The lowest BCUT2D eigenvalue weighted by Crippen LogP contribution is -2.47. The van der Waals surface area contributed by atoms with Crippen LogP contribution < -0.4 is 5.32 Å². The standard InChI is InChI=1S/C18H25N5O2/c1-14-12-17(21-25-14)20-18(24)5-7-22-8-10-23(11-9-22)15(2)16-4-3-6-19-13-16/h3-4,6,12-13,15H,5,7-11H2,1-2H3,(H,20,21,24)/t15-/m0/s1. The fourth-order valence-electron chi connectivity index (χ4n) is 3.10. The summed E-state index contributed by atoms with van der Waals surface area (Å²) in [5.74, 6) is 1.14. The van der Waals surface area contributed by atoms with Crippen molar-refractivity contribution < 1.29 is 9.32 Å². The molecule has 7 nitrogen and oxygen atoms in total. The molecule has 1 saturated heterocycles. The average Bonchev–Trinajstić information content (AvgIpc) is 3.05. The third-order valence-electron chi connectivity index (χ3n) is 4.67. The Labute approximate surface area is 148 Å². The minimum absolute atomic E-state index is 0.0283. The summed E-state index contributed by atoms with van der Waals surface area (Å²) in [6.45, 7) is 8.73. The van der Waals surface area contributed by atoms with Gasteiger partial charge in [-0.3, -0.25) is 14.7 Å². The topological polar surface area (TPSA) is 74.5 Å². The lowest BCUT2D eigenvalue weighted by molar-refractivity contribution is -0.116. The Balaban J connectivity index is 1.40. The first-order valence-corrected chi connectivity index (χ1v) is 8.71. The summed E-state index contributed by atoms with van der Waals surface area (Å²) in [5.41, 5.74) is 1.25. The van der Waals surface area contributed by atoms with E-state index in [9.17, 15) is 4.79 Å². The van der Waals surface area contributed by atoms with Crippen molar-refractivity contribution in [1.82, 2.24) is 19.9 Å². The number of carbonyl (C=O) groups excluding carboxylic acids is 1. The monoisotopic (exact) mass is 343 g/mol. The molecule has 0 saturated carbocycles. The minimum atomic E-state index is -0.0283. The van der Waals surface area contributed by atoms with Gasteiger partial charge >= 0.3 is 0 Å². The summed E-state index contributed by atoms with van der Waals surface area (Å²) in [6, 6.07) is 6.20. The number of rotatable bonds is 6. The molecule has 1 fully saturated rings. The van der Waals surface area contributed by atoms with Gasteiger partial charge in [0, 0.05) is 63.6 Å². The number of piperazine rings is 1. The highest BCUT2D eigenvalue weighted by molar-refractivity contribution is 5.89. The van der Waals surface area contributed by atoms with E-state index >= 15 is 0 Å². The SMILES string of the molecule is Cc1cc(NC(=O)CCN2CCN([C@@H](C)c3cccnc3)CC2)no1. The molecule has 2 aromatic heterocycles. The maximum absolute atomic E-state index is 12.0. The van der Waals surface area contributed by atoms with E-state index in [0.29, 0.717) is 24.0 Å². The first-order valence-electron chi connectivity index (χ1n) is 8.71. The van der Waals surface area contributed by atoms with Crippen molar-refractivity contribution in [3.63, 3.8) is 0 Å². The van der Waals surface area contributed by atoms with E-state index in [0.717, 1.165) is 32.7 Å². The largest absolute Gasteiger partial charge is 0.360 e. The van der Waals surface area contributed by atoms with Gasteiger partial charge in [0.1, 0.15) is 5.76 Å². The van der Waals surface area contributed by atoms with Crippen molar-refractivity contribution in [3.8, 4) is 0 Å². The second-order valence-corrected chi connectivity index (χ2v) is 6.46. The molecule has 0 aromatic carbocycles. The van der Waals surface area contributed by atoms with Crippen LogP contribution in [0.3, 0.4) is 0 Å². The minimum Gasteiger partial charge on any atom is -0.360 e. The maximum Gasteiger partial charge on any atom is 0.226 e. The van der Waals surface area contributed by atoms with Gasteiger partial charge in [0.05, 0.1) is 0 Å². The van der Waals surface area contributed by atoms with Crippen LogP contribution in [-0.4, -0.2) is 58.6 Å². The summed E-state index contributed by atoms with van der Waals surface area (Å²) in [7, 11) is 0. The Hall–Kier alpha value is -2.25. The average molecular weight is 343 g/mol. The number of hydrogen-bond donors (Lipinski definition) is 1. The van der Waals surface area contributed by atoms with Gasteiger partial charge < -0.3 is 14.7 Å². The highest BCUT2D eigenvalue weighted by atomic mass is 16.5. The molecular weight excluding hydrogens is 318 g/mol. The number of aromatic nitrogens is 2. The number of nitrogens with one attached hydrogen (secondary N) is 1. The number of pyridine rings is 1. The van der Waals surface area contributed by atoms with Crippen LogP contribution in [0.4, 0.5) is 5.82 Å².